The Bertz CT molecular complexity index is 194. The molecule has 0 aromatic rings. The van der Waals surface area contributed by atoms with E-state index in [2.05, 4.69) is 32.3 Å². The van der Waals surface area contributed by atoms with Crippen LogP contribution < -0.4 is 0 Å². The molecule has 1 aliphatic rings. The molecule has 0 fully saturated rings. The molecule has 0 saturated carbocycles. The van der Waals surface area contributed by atoms with E-state index in [1.165, 1.54) is 0 Å². The van der Waals surface area contributed by atoms with Crippen molar-refractivity contribution in [2.24, 2.45) is 4.99 Å². The highest BCUT2D eigenvalue weighted by atomic mass is 16.5. The molecule has 0 amide bonds. The Kier molecular flexibility index (Phi) is 2.03. The second-order valence-electron chi connectivity index (χ2n) is 3.60. The van der Waals surface area contributed by atoms with Crippen molar-refractivity contribution in [3.8, 4) is 0 Å². The van der Waals surface area contributed by atoms with Crippen LogP contribution in [-0.2, 0) is 4.74 Å². The molecule has 0 radical (unpaired) electrons. The van der Waals surface area contributed by atoms with Crippen LogP contribution in [0.15, 0.2) is 17.6 Å². The quantitative estimate of drug-likeness (QED) is 0.565. The predicted octanol–water partition coefficient (Wildman–Crippen LogP) is 2.16. The Labute approximate surface area is 68.0 Å². The molecule has 0 aromatic heterocycles. The van der Waals surface area contributed by atoms with E-state index in [0.29, 0.717) is 5.90 Å². The third-order valence-corrected chi connectivity index (χ3v) is 1.70. The molecule has 1 atom stereocenters. The molecule has 2 heteroatoms. The summed E-state index contributed by atoms with van der Waals surface area (Å²) < 4.78 is 5.40. The van der Waals surface area contributed by atoms with Crippen molar-refractivity contribution in [2.45, 2.75) is 38.8 Å². The van der Waals surface area contributed by atoms with Gasteiger partial charge in [0.25, 0.3) is 0 Å². The van der Waals surface area contributed by atoms with E-state index in [4.69, 9.17) is 4.74 Å². The summed E-state index contributed by atoms with van der Waals surface area (Å²) in [5.74, 6) is 0.675. The molecule has 11 heavy (non-hydrogen) atoms. The molecule has 0 aliphatic carbocycles. The van der Waals surface area contributed by atoms with Gasteiger partial charge in [-0.05, 0) is 26.8 Å². The van der Waals surface area contributed by atoms with Gasteiger partial charge in [0.1, 0.15) is 0 Å². The first kappa shape index (κ1) is 8.31. The lowest BCUT2D eigenvalue weighted by molar-refractivity contribution is 0.147. The van der Waals surface area contributed by atoms with Crippen LogP contribution in [0, 0.1) is 0 Å². The molecule has 0 bridgehead atoms. The number of ether oxygens (including phenoxy) is 1. The summed E-state index contributed by atoms with van der Waals surface area (Å²) in [7, 11) is 0. The van der Waals surface area contributed by atoms with Crippen LogP contribution in [0.5, 0.6) is 0 Å². The predicted molar refractivity (Wildman–Crippen MR) is 46.9 cm³/mol. The van der Waals surface area contributed by atoms with Crippen LogP contribution in [-0.4, -0.2) is 17.5 Å². The maximum atomic E-state index is 5.40. The molecule has 0 spiro atoms. The number of hydrogen-bond acceptors (Lipinski definition) is 2. The largest absolute Gasteiger partial charge is 0.475 e. The Morgan fingerprint density at radius 3 is 2.82 bits per heavy atom. The van der Waals surface area contributed by atoms with E-state index in [-0.39, 0.29) is 11.6 Å². The van der Waals surface area contributed by atoms with Crippen LogP contribution in [0.2, 0.25) is 0 Å². The Morgan fingerprint density at radius 2 is 2.36 bits per heavy atom. The van der Waals surface area contributed by atoms with Gasteiger partial charge in [-0.25, -0.2) is 4.99 Å². The molecular formula is C9H15NO. The van der Waals surface area contributed by atoms with Crippen LogP contribution in [0.3, 0.4) is 0 Å². The van der Waals surface area contributed by atoms with Crippen molar-refractivity contribution < 1.29 is 4.74 Å². The fourth-order valence-corrected chi connectivity index (χ4v) is 1.42. The highest BCUT2D eigenvalue weighted by Crippen LogP contribution is 2.23. The fraction of sp³-hybridized carbons (Fsp3) is 0.667. The van der Waals surface area contributed by atoms with Gasteiger partial charge in [-0.2, -0.15) is 0 Å². The van der Waals surface area contributed by atoms with Gasteiger partial charge >= 0.3 is 0 Å². The van der Waals surface area contributed by atoms with Crippen molar-refractivity contribution >= 4 is 5.90 Å². The summed E-state index contributed by atoms with van der Waals surface area (Å²) >= 11 is 0. The third-order valence-electron chi connectivity index (χ3n) is 1.70. The zero-order chi connectivity index (χ0) is 8.48. The SMILES string of the molecule is C=CC1=NC(C)(C)CC(C)O1. The molecule has 1 aliphatic heterocycles. The Morgan fingerprint density at radius 1 is 1.73 bits per heavy atom. The normalized spacial score (nSPS) is 28.6. The van der Waals surface area contributed by atoms with E-state index in [1.54, 1.807) is 6.08 Å². The van der Waals surface area contributed by atoms with Crippen LogP contribution in [0.25, 0.3) is 0 Å². The van der Waals surface area contributed by atoms with Crippen LogP contribution in [0.1, 0.15) is 27.2 Å². The zero-order valence-electron chi connectivity index (χ0n) is 7.42. The van der Waals surface area contributed by atoms with Gasteiger partial charge in [0.05, 0.1) is 11.6 Å². The van der Waals surface area contributed by atoms with Gasteiger partial charge in [-0.15, -0.1) is 0 Å². The van der Waals surface area contributed by atoms with Crippen molar-refractivity contribution in [2.75, 3.05) is 0 Å². The monoisotopic (exact) mass is 153 g/mol. The average Bonchev–Trinajstić information content (AvgIpc) is 1.83. The molecule has 0 aromatic carbocycles. The van der Waals surface area contributed by atoms with Crippen LogP contribution in [0.4, 0.5) is 0 Å². The molecule has 2 nitrogen and oxygen atoms in total. The summed E-state index contributed by atoms with van der Waals surface area (Å²) in [4.78, 5) is 4.36. The van der Waals surface area contributed by atoms with Crippen molar-refractivity contribution in [1.82, 2.24) is 0 Å². The molecule has 62 valence electrons. The van der Waals surface area contributed by atoms with E-state index >= 15 is 0 Å². The van der Waals surface area contributed by atoms with Gasteiger partial charge in [0, 0.05) is 6.42 Å². The maximum Gasteiger partial charge on any atom is 0.208 e. The highest BCUT2D eigenvalue weighted by Gasteiger charge is 2.26. The molecule has 1 heterocycles. The number of aliphatic imine (C=N–C) groups is 1. The zero-order valence-corrected chi connectivity index (χ0v) is 7.42. The first-order valence-corrected chi connectivity index (χ1v) is 3.92. The molecule has 0 saturated heterocycles. The lowest BCUT2D eigenvalue weighted by Gasteiger charge is -2.30. The van der Waals surface area contributed by atoms with Crippen molar-refractivity contribution in [1.29, 1.82) is 0 Å². The first-order chi connectivity index (χ1) is 5.03. The molecular weight excluding hydrogens is 138 g/mol. The second kappa shape index (κ2) is 2.68. The summed E-state index contributed by atoms with van der Waals surface area (Å²) in [6.07, 6.45) is 2.90. The average molecular weight is 153 g/mol. The lowest BCUT2D eigenvalue weighted by atomic mass is 9.97. The van der Waals surface area contributed by atoms with Gasteiger partial charge in [0.15, 0.2) is 0 Å². The van der Waals surface area contributed by atoms with E-state index in [9.17, 15) is 0 Å². The van der Waals surface area contributed by atoms with E-state index < -0.39 is 0 Å². The van der Waals surface area contributed by atoms with E-state index in [0.717, 1.165) is 6.42 Å². The lowest BCUT2D eigenvalue weighted by Crippen LogP contribution is -2.33. The summed E-state index contributed by atoms with van der Waals surface area (Å²) in [5, 5.41) is 0. The smallest absolute Gasteiger partial charge is 0.208 e. The standard InChI is InChI=1S/C9H15NO/c1-5-8-10-9(3,4)6-7(2)11-8/h5,7H,1,6H2,2-4H3. The molecule has 0 N–H and O–H groups in total. The molecule has 1 unspecified atom stereocenters. The highest BCUT2D eigenvalue weighted by molar-refractivity contribution is 5.87. The minimum absolute atomic E-state index is 0.0151. The fourth-order valence-electron chi connectivity index (χ4n) is 1.42. The van der Waals surface area contributed by atoms with E-state index in [1.807, 2.05) is 0 Å². The summed E-state index contributed by atoms with van der Waals surface area (Å²) in [6.45, 7) is 9.90. The van der Waals surface area contributed by atoms with Gasteiger partial charge in [-0.1, -0.05) is 6.58 Å². The Balaban J connectivity index is 2.81. The van der Waals surface area contributed by atoms with Gasteiger partial charge < -0.3 is 4.74 Å². The minimum atomic E-state index is 0.0151. The number of rotatable bonds is 1. The summed E-state index contributed by atoms with van der Waals surface area (Å²) in [5.41, 5.74) is 0.0151. The number of nitrogens with zero attached hydrogens (tertiary/aromatic N) is 1. The Hall–Kier alpha value is -0.790. The second-order valence-corrected chi connectivity index (χ2v) is 3.60. The number of hydrogen-bond donors (Lipinski definition) is 0. The van der Waals surface area contributed by atoms with Crippen LogP contribution >= 0.6 is 0 Å². The van der Waals surface area contributed by atoms with Crippen molar-refractivity contribution in [3.63, 3.8) is 0 Å². The van der Waals surface area contributed by atoms with Crippen molar-refractivity contribution in [3.05, 3.63) is 12.7 Å². The topological polar surface area (TPSA) is 21.6 Å². The minimum Gasteiger partial charge on any atom is -0.475 e. The van der Waals surface area contributed by atoms with Gasteiger partial charge in [-0.3, -0.25) is 0 Å². The third kappa shape index (κ3) is 2.07. The summed E-state index contributed by atoms with van der Waals surface area (Å²) in [6, 6.07) is 0. The van der Waals surface area contributed by atoms with Gasteiger partial charge in [0.2, 0.25) is 5.90 Å². The molecule has 1 rings (SSSR count). The maximum absolute atomic E-state index is 5.40. The first-order valence-electron chi connectivity index (χ1n) is 3.92.